The molecule has 2 aromatic carbocycles. The van der Waals surface area contributed by atoms with E-state index in [2.05, 4.69) is 10.6 Å². The van der Waals surface area contributed by atoms with E-state index >= 15 is 0 Å². The summed E-state index contributed by atoms with van der Waals surface area (Å²) in [5.74, 6) is 0.602. The normalized spacial score (nSPS) is 19.0. The van der Waals surface area contributed by atoms with E-state index in [0.717, 1.165) is 11.3 Å². The third-order valence-corrected chi connectivity index (χ3v) is 8.12. The van der Waals surface area contributed by atoms with E-state index in [0.29, 0.717) is 37.2 Å². The fraction of sp³-hybridized carbons (Fsp3) is 0.417. The highest BCUT2D eigenvalue weighted by molar-refractivity contribution is 7.89. The lowest BCUT2D eigenvalue weighted by Gasteiger charge is -2.31. The molecule has 2 heterocycles. The number of ether oxygens (including phenoxy) is 2. The molecule has 0 aliphatic carbocycles. The van der Waals surface area contributed by atoms with Crippen molar-refractivity contribution in [3.8, 4) is 11.5 Å². The number of rotatable bonds is 7. The molecule has 34 heavy (non-hydrogen) atoms. The van der Waals surface area contributed by atoms with Crippen LogP contribution in [0.25, 0.3) is 0 Å². The number of hydrogen-bond acceptors (Lipinski definition) is 6. The molecule has 0 bridgehead atoms. The van der Waals surface area contributed by atoms with Crippen LogP contribution in [0.2, 0.25) is 0 Å². The van der Waals surface area contributed by atoms with E-state index in [9.17, 15) is 18.0 Å². The largest absolute Gasteiger partial charge is 0.497 e. The van der Waals surface area contributed by atoms with Crippen LogP contribution in [0.3, 0.4) is 0 Å². The van der Waals surface area contributed by atoms with Crippen LogP contribution in [0.15, 0.2) is 47.4 Å². The predicted molar refractivity (Wildman–Crippen MR) is 126 cm³/mol. The molecule has 4 rings (SSSR count). The molecule has 1 saturated heterocycles. The average Bonchev–Trinajstić information content (AvgIpc) is 2.86. The van der Waals surface area contributed by atoms with Gasteiger partial charge in [0.25, 0.3) is 5.91 Å². The van der Waals surface area contributed by atoms with Crippen molar-refractivity contribution in [2.45, 2.75) is 43.7 Å². The van der Waals surface area contributed by atoms with Gasteiger partial charge in [-0.05, 0) is 55.2 Å². The van der Waals surface area contributed by atoms with Crippen LogP contribution in [0.1, 0.15) is 31.7 Å². The highest BCUT2D eigenvalue weighted by Gasteiger charge is 2.33. The SMILES string of the molecule is CC[C@H]1Oc2ccc(S(=O)(=O)N3CCC(C(=O)NCc4ccc(OC)cc4)CC3)cc2NC1=O. The number of carbonyl (C=O) groups is 2. The second-order valence-corrected chi connectivity index (χ2v) is 10.3. The van der Waals surface area contributed by atoms with Crippen molar-refractivity contribution < 1.29 is 27.5 Å². The van der Waals surface area contributed by atoms with E-state index in [4.69, 9.17) is 9.47 Å². The molecule has 182 valence electrons. The van der Waals surface area contributed by atoms with Gasteiger partial charge in [0.2, 0.25) is 15.9 Å². The lowest BCUT2D eigenvalue weighted by molar-refractivity contribution is -0.126. The maximum absolute atomic E-state index is 13.2. The average molecular weight is 488 g/mol. The molecule has 2 amide bonds. The van der Waals surface area contributed by atoms with Crippen molar-refractivity contribution in [1.29, 1.82) is 0 Å². The van der Waals surface area contributed by atoms with Crippen LogP contribution in [0, 0.1) is 5.92 Å². The first-order valence-corrected chi connectivity index (χ1v) is 12.8. The van der Waals surface area contributed by atoms with E-state index in [1.54, 1.807) is 13.2 Å². The molecular weight excluding hydrogens is 458 g/mol. The Hall–Kier alpha value is -3.11. The third kappa shape index (κ3) is 5.02. The number of nitrogens with zero attached hydrogens (tertiary/aromatic N) is 1. The number of carbonyl (C=O) groups excluding carboxylic acids is 2. The van der Waals surface area contributed by atoms with Crippen molar-refractivity contribution in [3.63, 3.8) is 0 Å². The van der Waals surface area contributed by atoms with Gasteiger partial charge in [-0.2, -0.15) is 4.31 Å². The van der Waals surface area contributed by atoms with Crippen LogP contribution in [-0.2, 0) is 26.2 Å². The summed E-state index contributed by atoms with van der Waals surface area (Å²) in [4.78, 5) is 24.8. The standard InChI is InChI=1S/C24H29N3O6S/c1-3-21-24(29)26-20-14-19(8-9-22(20)33-21)34(30,31)27-12-10-17(11-13-27)23(28)25-15-16-4-6-18(32-2)7-5-16/h4-9,14,17,21H,3,10-13,15H2,1-2H3,(H,25,28)(H,26,29)/t21-/m1/s1. The molecule has 0 saturated carbocycles. The Bertz CT molecular complexity index is 1160. The van der Waals surface area contributed by atoms with E-state index in [-0.39, 0.29) is 35.7 Å². The lowest BCUT2D eigenvalue weighted by Crippen LogP contribution is -2.43. The quantitative estimate of drug-likeness (QED) is 0.620. The van der Waals surface area contributed by atoms with Gasteiger partial charge >= 0.3 is 0 Å². The Morgan fingerprint density at radius 2 is 1.88 bits per heavy atom. The number of sulfonamides is 1. The molecule has 1 atom stereocenters. The van der Waals surface area contributed by atoms with Gasteiger partial charge in [-0.3, -0.25) is 9.59 Å². The maximum atomic E-state index is 13.2. The van der Waals surface area contributed by atoms with Gasteiger partial charge in [-0.25, -0.2) is 8.42 Å². The topological polar surface area (TPSA) is 114 Å². The number of amides is 2. The van der Waals surface area contributed by atoms with Crippen LogP contribution < -0.4 is 20.1 Å². The minimum absolute atomic E-state index is 0.0769. The van der Waals surface area contributed by atoms with E-state index in [1.807, 2.05) is 31.2 Å². The molecule has 0 unspecified atom stereocenters. The number of piperidine rings is 1. The molecule has 2 aliphatic rings. The summed E-state index contributed by atoms with van der Waals surface area (Å²) in [6, 6.07) is 12.0. The predicted octanol–water partition coefficient (Wildman–Crippen LogP) is 2.52. The molecule has 0 aromatic heterocycles. The number of hydrogen-bond donors (Lipinski definition) is 2. The van der Waals surface area contributed by atoms with Crippen LogP contribution in [0.5, 0.6) is 11.5 Å². The van der Waals surface area contributed by atoms with Crippen molar-refractivity contribution in [3.05, 3.63) is 48.0 Å². The Morgan fingerprint density at radius 3 is 2.53 bits per heavy atom. The van der Waals surface area contributed by atoms with Gasteiger partial charge in [0.1, 0.15) is 11.5 Å². The summed E-state index contributed by atoms with van der Waals surface area (Å²) in [6.07, 6.45) is 0.825. The van der Waals surface area contributed by atoms with Gasteiger partial charge in [0, 0.05) is 25.6 Å². The maximum Gasteiger partial charge on any atom is 0.265 e. The summed E-state index contributed by atoms with van der Waals surface area (Å²) in [5.41, 5.74) is 1.31. The molecule has 10 heteroatoms. The van der Waals surface area contributed by atoms with Crippen molar-refractivity contribution in [1.82, 2.24) is 9.62 Å². The second-order valence-electron chi connectivity index (χ2n) is 8.41. The van der Waals surface area contributed by atoms with Crippen molar-refractivity contribution >= 4 is 27.5 Å². The number of fused-ring (bicyclic) bond motifs is 1. The highest BCUT2D eigenvalue weighted by atomic mass is 32.2. The molecule has 9 nitrogen and oxygen atoms in total. The van der Waals surface area contributed by atoms with Gasteiger partial charge in [-0.15, -0.1) is 0 Å². The minimum atomic E-state index is -3.76. The monoisotopic (exact) mass is 487 g/mol. The van der Waals surface area contributed by atoms with Crippen molar-refractivity contribution in [2.75, 3.05) is 25.5 Å². The summed E-state index contributed by atoms with van der Waals surface area (Å²) in [7, 11) is -2.16. The van der Waals surface area contributed by atoms with Gasteiger partial charge in [-0.1, -0.05) is 19.1 Å². The molecular formula is C24H29N3O6S. The number of benzene rings is 2. The molecule has 2 aliphatic heterocycles. The zero-order valence-electron chi connectivity index (χ0n) is 19.2. The van der Waals surface area contributed by atoms with Gasteiger partial charge in [0.15, 0.2) is 6.10 Å². The Kier molecular flexibility index (Phi) is 7.08. The van der Waals surface area contributed by atoms with Crippen molar-refractivity contribution in [2.24, 2.45) is 5.92 Å². The first-order valence-electron chi connectivity index (χ1n) is 11.3. The Labute approximate surface area is 199 Å². The second kappa shape index (κ2) is 10.0. The highest BCUT2D eigenvalue weighted by Crippen LogP contribution is 2.34. The summed E-state index contributed by atoms with van der Waals surface area (Å²) >= 11 is 0. The van der Waals surface area contributed by atoms with Crippen LogP contribution in [0.4, 0.5) is 5.69 Å². The Balaban J connectivity index is 1.34. The van der Waals surface area contributed by atoms with Crippen LogP contribution >= 0.6 is 0 Å². The minimum Gasteiger partial charge on any atom is -0.497 e. The van der Waals surface area contributed by atoms with Crippen LogP contribution in [-0.4, -0.2) is 50.8 Å². The zero-order valence-corrected chi connectivity index (χ0v) is 20.1. The zero-order chi connectivity index (χ0) is 24.3. The smallest absolute Gasteiger partial charge is 0.265 e. The van der Waals surface area contributed by atoms with E-state index in [1.165, 1.54) is 16.4 Å². The molecule has 2 N–H and O–H groups in total. The molecule has 1 fully saturated rings. The third-order valence-electron chi connectivity index (χ3n) is 6.23. The fourth-order valence-electron chi connectivity index (χ4n) is 4.14. The number of anilines is 1. The number of methoxy groups -OCH3 is 1. The summed E-state index contributed by atoms with van der Waals surface area (Å²) in [6.45, 7) is 2.75. The lowest BCUT2D eigenvalue weighted by atomic mass is 9.97. The molecule has 0 spiro atoms. The first-order chi connectivity index (χ1) is 16.3. The molecule has 0 radical (unpaired) electrons. The Morgan fingerprint density at radius 1 is 1.18 bits per heavy atom. The molecule has 2 aromatic rings. The summed E-state index contributed by atoms with van der Waals surface area (Å²) < 4.78 is 38.5. The van der Waals surface area contributed by atoms with E-state index < -0.39 is 16.1 Å². The first kappa shape index (κ1) is 24.0. The number of nitrogens with one attached hydrogen (secondary N) is 2. The van der Waals surface area contributed by atoms with Gasteiger partial charge < -0.3 is 20.1 Å². The van der Waals surface area contributed by atoms with Gasteiger partial charge in [0.05, 0.1) is 17.7 Å². The summed E-state index contributed by atoms with van der Waals surface area (Å²) in [5, 5.41) is 5.66. The fourth-order valence-corrected chi connectivity index (χ4v) is 5.64.